The number of anilines is 1. The molecule has 36 heavy (non-hydrogen) atoms. The van der Waals surface area contributed by atoms with Gasteiger partial charge in [-0.15, -0.1) is 0 Å². The Bertz CT molecular complexity index is 1380. The lowest BCUT2D eigenvalue weighted by Crippen LogP contribution is -2.52. The van der Waals surface area contributed by atoms with E-state index < -0.39 is 17.6 Å². The molecular weight excluding hydrogens is 468 g/mol. The van der Waals surface area contributed by atoms with Gasteiger partial charge in [0, 0.05) is 29.6 Å². The highest BCUT2D eigenvalue weighted by molar-refractivity contribution is 5.73. The maximum atomic E-state index is 14.3. The van der Waals surface area contributed by atoms with Crippen molar-refractivity contribution in [1.82, 2.24) is 29.5 Å². The Kier molecular flexibility index (Phi) is 6.13. The number of nitrogens with zero attached hydrogens (tertiary/aromatic N) is 5. The first-order valence-electron chi connectivity index (χ1n) is 11.8. The Morgan fingerprint density at radius 3 is 2.86 bits per heavy atom. The molecule has 0 aliphatic carbocycles. The third-order valence-electron chi connectivity index (χ3n) is 6.14. The number of hydrogen-bond donors (Lipinski definition) is 3. The Hall–Kier alpha value is -3.57. The number of hydrogen-bond acceptors (Lipinski definition) is 7. The van der Waals surface area contributed by atoms with Crippen molar-refractivity contribution in [2.45, 2.75) is 44.4 Å². The van der Waals surface area contributed by atoms with E-state index >= 15 is 0 Å². The van der Waals surface area contributed by atoms with Crippen molar-refractivity contribution in [1.29, 1.82) is 0 Å². The SMILES string of the molecule is COc1cc2ncc(-c3cccc(N[C@@H]4CCNCC4(F)F)n3)n2cc1-c1cnn(CC(C)(C)O)c1. The van der Waals surface area contributed by atoms with Gasteiger partial charge in [0.1, 0.15) is 17.2 Å². The van der Waals surface area contributed by atoms with Crippen molar-refractivity contribution in [2.75, 3.05) is 25.5 Å². The topological polar surface area (TPSA) is 102 Å². The lowest BCUT2D eigenvalue weighted by atomic mass is 10.0. The molecule has 11 heteroatoms. The highest BCUT2D eigenvalue weighted by atomic mass is 19.3. The second kappa shape index (κ2) is 9.14. The van der Waals surface area contributed by atoms with E-state index in [2.05, 4.69) is 25.7 Å². The molecule has 4 aromatic rings. The third-order valence-corrected chi connectivity index (χ3v) is 6.14. The van der Waals surface area contributed by atoms with Gasteiger partial charge >= 0.3 is 0 Å². The fourth-order valence-corrected chi connectivity index (χ4v) is 4.42. The van der Waals surface area contributed by atoms with Crippen LogP contribution in [0.4, 0.5) is 14.6 Å². The van der Waals surface area contributed by atoms with Crippen LogP contribution < -0.4 is 15.4 Å². The minimum absolute atomic E-state index is 0.304. The Balaban J connectivity index is 1.50. The zero-order valence-corrected chi connectivity index (χ0v) is 20.4. The van der Waals surface area contributed by atoms with Crippen LogP contribution >= 0.6 is 0 Å². The van der Waals surface area contributed by atoms with Crippen molar-refractivity contribution in [3.05, 3.63) is 49.1 Å². The van der Waals surface area contributed by atoms with Gasteiger partial charge in [-0.05, 0) is 38.9 Å². The summed E-state index contributed by atoms with van der Waals surface area (Å²) in [5.74, 6) is -1.85. The normalized spacial score (nSPS) is 17.9. The van der Waals surface area contributed by atoms with Crippen molar-refractivity contribution in [3.8, 4) is 28.3 Å². The molecule has 3 N–H and O–H groups in total. The molecule has 0 radical (unpaired) electrons. The Morgan fingerprint density at radius 2 is 2.11 bits per heavy atom. The molecule has 9 nitrogen and oxygen atoms in total. The summed E-state index contributed by atoms with van der Waals surface area (Å²) in [5, 5.41) is 20.1. The third kappa shape index (κ3) is 4.89. The first-order valence-corrected chi connectivity index (χ1v) is 11.8. The number of halogens is 2. The van der Waals surface area contributed by atoms with Gasteiger partial charge in [-0.25, -0.2) is 18.7 Å². The van der Waals surface area contributed by atoms with Crippen LogP contribution in [-0.2, 0) is 6.54 Å². The predicted octanol–water partition coefficient (Wildman–Crippen LogP) is 3.45. The van der Waals surface area contributed by atoms with Gasteiger partial charge < -0.3 is 20.5 Å². The van der Waals surface area contributed by atoms with E-state index in [1.807, 2.05) is 28.9 Å². The number of nitrogens with one attached hydrogen (secondary N) is 2. The van der Waals surface area contributed by atoms with Gasteiger partial charge in [0.05, 0.1) is 55.6 Å². The fraction of sp³-hybridized carbons (Fsp3) is 0.400. The van der Waals surface area contributed by atoms with E-state index in [1.165, 1.54) is 0 Å². The van der Waals surface area contributed by atoms with Crippen LogP contribution in [0.1, 0.15) is 20.3 Å². The number of ether oxygens (including phenoxy) is 1. The molecule has 1 aliphatic rings. The summed E-state index contributed by atoms with van der Waals surface area (Å²) in [7, 11) is 1.59. The summed E-state index contributed by atoms with van der Waals surface area (Å²) in [6.07, 6.45) is 7.46. The number of piperidine rings is 1. The van der Waals surface area contributed by atoms with Crippen LogP contribution in [0, 0.1) is 0 Å². The number of aliphatic hydroxyl groups is 1. The molecule has 190 valence electrons. The van der Waals surface area contributed by atoms with Crippen molar-refractivity contribution in [2.24, 2.45) is 0 Å². The molecule has 4 aromatic heterocycles. The van der Waals surface area contributed by atoms with Gasteiger partial charge in [-0.2, -0.15) is 5.10 Å². The molecule has 1 saturated heterocycles. The Labute approximate surface area is 207 Å². The number of fused-ring (bicyclic) bond motifs is 1. The van der Waals surface area contributed by atoms with Gasteiger partial charge in [0.25, 0.3) is 5.92 Å². The highest BCUT2D eigenvalue weighted by Crippen LogP contribution is 2.33. The zero-order chi connectivity index (χ0) is 25.5. The standard InChI is InChI=1S/C25H29F2N7O2/c1-24(2,35)15-33-12-16(10-30-33)17-13-34-19(11-29-23(34)9-20(17)36-3)18-5-4-6-22(31-18)32-21-7-8-28-14-25(21,26)27/h4-6,9-13,21,28,35H,7-8,14-15H2,1-3H3,(H,31,32)/t21-/m1/s1. The molecule has 1 atom stereocenters. The summed E-state index contributed by atoms with van der Waals surface area (Å²) in [4.78, 5) is 9.11. The number of alkyl halides is 2. The van der Waals surface area contributed by atoms with E-state index in [0.29, 0.717) is 48.1 Å². The lowest BCUT2D eigenvalue weighted by molar-refractivity contribution is -0.0322. The van der Waals surface area contributed by atoms with Crippen LogP contribution in [-0.4, -0.2) is 67.0 Å². The van der Waals surface area contributed by atoms with E-state index in [-0.39, 0.29) is 6.54 Å². The number of rotatable bonds is 7. The summed E-state index contributed by atoms with van der Waals surface area (Å²) >= 11 is 0. The van der Waals surface area contributed by atoms with Crippen molar-refractivity contribution in [3.63, 3.8) is 0 Å². The van der Waals surface area contributed by atoms with Gasteiger partial charge in [-0.3, -0.25) is 9.08 Å². The monoisotopic (exact) mass is 497 g/mol. The van der Waals surface area contributed by atoms with Gasteiger partial charge in [-0.1, -0.05) is 6.07 Å². The molecule has 5 heterocycles. The minimum atomic E-state index is -2.86. The largest absolute Gasteiger partial charge is 0.496 e. The Morgan fingerprint density at radius 1 is 1.28 bits per heavy atom. The van der Waals surface area contributed by atoms with Crippen LogP contribution in [0.3, 0.4) is 0 Å². The molecule has 0 bridgehead atoms. The lowest BCUT2D eigenvalue weighted by Gasteiger charge is -2.32. The van der Waals surface area contributed by atoms with Gasteiger partial charge in [0.15, 0.2) is 0 Å². The minimum Gasteiger partial charge on any atom is -0.496 e. The number of imidazole rings is 1. The molecule has 0 unspecified atom stereocenters. The zero-order valence-electron chi connectivity index (χ0n) is 20.4. The van der Waals surface area contributed by atoms with Crippen molar-refractivity contribution >= 4 is 11.5 Å². The van der Waals surface area contributed by atoms with Crippen LogP contribution in [0.25, 0.3) is 28.2 Å². The number of aromatic nitrogens is 5. The van der Waals surface area contributed by atoms with E-state index in [1.54, 1.807) is 50.2 Å². The molecule has 1 fully saturated rings. The molecule has 0 aromatic carbocycles. The molecule has 0 spiro atoms. The van der Waals surface area contributed by atoms with Crippen molar-refractivity contribution < 1.29 is 18.6 Å². The quantitative estimate of drug-likeness (QED) is 0.360. The van der Waals surface area contributed by atoms with E-state index in [9.17, 15) is 13.9 Å². The summed E-state index contributed by atoms with van der Waals surface area (Å²) in [5.41, 5.74) is 2.65. The van der Waals surface area contributed by atoms with Crippen LogP contribution in [0.15, 0.2) is 49.1 Å². The number of pyridine rings is 2. The van der Waals surface area contributed by atoms with E-state index in [4.69, 9.17) is 4.74 Å². The van der Waals surface area contributed by atoms with Crippen LogP contribution in [0.5, 0.6) is 5.75 Å². The smallest absolute Gasteiger partial charge is 0.279 e. The average molecular weight is 498 g/mol. The average Bonchev–Trinajstić information content (AvgIpc) is 3.45. The molecular formula is C25H29F2N7O2. The highest BCUT2D eigenvalue weighted by Gasteiger charge is 2.41. The van der Waals surface area contributed by atoms with Gasteiger partial charge in [0.2, 0.25) is 0 Å². The second-order valence-corrected chi connectivity index (χ2v) is 9.70. The maximum Gasteiger partial charge on any atom is 0.279 e. The molecule has 1 aliphatic heterocycles. The fourth-order valence-electron chi connectivity index (χ4n) is 4.42. The second-order valence-electron chi connectivity index (χ2n) is 9.70. The van der Waals surface area contributed by atoms with E-state index in [0.717, 1.165) is 11.1 Å². The number of methoxy groups -OCH3 is 1. The predicted molar refractivity (Wildman–Crippen MR) is 132 cm³/mol. The first kappa shape index (κ1) is 24.1. The summed E-state index contributed by atoms with van der Waals surface area (Å²) in [6, 6.07) is 6.13. The summed E-state index contributed by atoms with van der Waals surface area (Å²) in [6.45, 7) is 3.96. The maximum absolute atomic E-state index is 14.3. The summed E-state index contributed by atoms with van der Waals surface area (Å²) < 4.78 is 37.8. The first-order chi connectivity index (χ1) is 17.1. The van der Waals surface area contributed by atoms with Crippen LogP contribution in [0.2, 0.25) is 0 Å². The molecule has 0 amide bonds. The molecule has 0 saturated carbocycles. The molecule has 5 rings (SSSR count).